The Morgan fingerprint density at radius 2 is 1.72 bits per heavy atom. The van der Waals surface area contributed by atoms with Crippen molar-refractivity contribution in [3.05, 3.63) is 86.2 Å². The number of nitrogens with zero attached hydrogens (tertiary/aromatic N) is 3. The molecule has 10 heteroatoms. The Labute approximate surface area is 211 Å². The molecule has 0 fully saturated rings. The normalized spacial score (nSPS) is 11.9. The first kappa shape index (κ1) is 27.1. The molecule has 192 valence electrons. The predicted octanol–water partition coefficient (Wildman–Crippen LogP) is 4.86. The van der Waals surface area contributed by atoms with Crippen molar-refractivity contribution in [1.29, 1.82) is 0 Å². The van der Waals surface area contributed by atoms with Crippen LogP contribution in [0, 0.1) is 36.3 Å². The van der Waals surface area contributed by atoms with Gasteiger partial charge in [0.15, 0.2) is 0 Å². The fourth-order valence-electron chi connectivity index (χ4n) is 4.01. The molecule has 1 heterocycles. The lowest BCUT2D eigenvalue weighted by Gasteiger charge is -2.16. The first-order valence-electron chi connectivity index (χ1n) is 11.6. The molecule has 1 N–H and O–H groups in total. The lowest BCUT2D eigenvalue weighted by Crippen LogP contribution is -2.32. The molecule has 3 aromatic rings. The van der Waals surface area contributed by atoms with E-state index in [1.165, 1.54) is 22.9 Å². The topological polar surface area (TPSA) is 124 Å². The molecule has 0 aliphatic carbocycles. The van der Waals surface area contributed by atoms with Gasteiger partial charge in [0.2, 0.25) is 0 Å². The van der Waals surface area contributed by atoms with E-state index in [0.29, 0.717) is 18.7 Å². The highest BCUT2D eigenvalue weighted by Gasteiger charge is 2.25. The van der Waals surface area contributed by atoms with Gasteiger partial charge >= 0.3 is 0 Å². The van der Waals surface area contributed by atoms with Crippen LogP contribution >= 0.6 is 0 Å². The lowest BCUT2D eigenvalue weighted by atomic mass is 9.90. The summed E-state index contributed by atoms with van der Waals surface area (Å²) in [5.74, 6) is -0.849. The molecule has 9 nitrogen and oxygen atoms in total. The number of benzene rings is 2. The van der Waals surface area contributed by atoms with Crippen LogP contribution in [0.15, 0.2) is 47.4 Å². The summed E-state index contributed by atoms with van der Waals surface area (Å²) in [5, 5.41) is 15.7. The van der Waals surface area contributed by atoms with Crippen molar-refractivity contribution in [2.75, 3.05) is 0 Å². The quantitative estimate of drug-likeness (QED) is 0.339. The molecule has 1 amide bonds. The smallest absolute Gasteiger partial charge is 0.266 e. The van der Waals surface area contributed by atoms with Crippen molar-refractivity contribution in [3.8, 4) is 0 Å². The molecule has 0 aliphatic rings. The summed E-state index contributed by atoms with van der Waals surface area (Å²) in [6.45, 7) is 12.6. The molecule has 36 heavy (non-hydrogen) atoms. The number of amides is 1. The van der Waals surface area contributed by atoms with Crippen LogP contribution in [0.5, 0.6) is 0 Å². The Bertz CT molecular complexity index is 1400. The molecule has 0 unspecified atom stereocenters. The Balaban J connectivity index is 1.98. The van der Waals surface area contributed by atoms with E-state index in [1.54, 1.807) is 6.07 Å². The summed E-state index contributed by atoms with van der Waals surface area (Å²) in [6, 6.07) is 10.3. The highest BCUT2D eigenvalue weighted by atomic mass is 32.2. The second-order valence-corrected chi connectivity index (χ2v) is 12.0. The van der Waals surface area contributed by atoms with Crippen LogP contribution in [0.3, 0.4) is 0 Å². The van der Waals surface area contributed by atoms with Crippen molar-refractivity contribution in [2.24, 2.45) is 5.41 Å². The van der Waals surface area contributed by atoms with Gasteiger partial charge < -0.3 is 0 Å². The largest absolute Gasteiger partial charge is 0.283 e. The average Bonchev–Trinajstić information content (AvgIpc) is 3.17. The van der Waals surface area contributed by atoms with Crippen molar-refractivity contribution in [2.45, 2.75) is 65.8 Å². The summed E-state index contributed by atoms with van der Waals surface area (Å²) in [5.41, 5.74) is 4.69. The number of carbonyl (C=O) groups excluding carboxylic acids is 1. The number of hydrogen-bond donors (Lipinski definition) is 1. The SMILES string of the molecule is Cc1cc(C)c(Cn2nc(CCC(C)(C)C)cc2C(=O)NS(=O)(=O)c2cccc([N+](=O)[O-])c2)c(C)c1. The third-order valence-corrected chi connectivity index (χ3v) is 7.24. The Morgan fingerprint density at radius 3 is 2.31 bits per heavy atom. The first-order valence-corrected chi connectivity index (χ1v) is 13.1. The van der Waals surface area contributed by atoms with Gasteiger partial charge in [-0.05, 0) is 67.9 Å². The van der Waals surface area contributed by atoms with E-state index >= 15 is 0 Å². The van der Waals surface area contributed by atoms with Gasteiger partial charge in [0.05, 0.1) is 22.1 Å². The van der Waals surface area contributed by atoms with Gasteiger partial charge in [-0.15, -0.1) is 0 Å². The number of hydrogen-bond acceptors (Lipinski definition) is 6. The standard InChI is InChI=1S/C26H32N4O5S/c1-17-12-18(2)23(19(3)13-17)16-29-24(14-20(27-29)10-11-26(4,5)6)25(31)28-36(34,35)22-9-7-8-21(15-22)30(32)33/h7-9,12-15H,10-11,16H2,1-6H3,(H,28,31). The van der Waals surface area contributed by atoms with Crippen molar-refractivity contribution in [1.82, 2.24) is 14.5 Å². The van der Waals surface area contributed by atoms with Gasteiger partial charge in [-0.25, -0.2) is 13.1 Å². The maximum atomic E-state index is 13.2. The molecule has 0 saturated carbocycles. The van der Waals surface area contributed by atoms with Crippen LogP contribution in [-0.2, 0) is 23.0 Å². The molecule has 0 bridgehead atoms. The summed E-state index contributed by atoms with van der Waals surface area (Å²) < 4.78 is 29.4. The molecule has 0 saturated heterocycles. The zero-order valence-corrected chi connectivity index (χ0v) is 22.3. The minimum atomic E-state index is -4.35. The molecule has 0 spiro atoms. The predicted molar refractivity (Wildman–Crippen MR) is 138 cm³/mol. The van der Waals surface area contributed by atoms with Gasteiger partial charge in [-0.2, -0.15) is 5.10 Å². The summed E-state index contributed by atoms with van der Waals surface area (Å²) >= 11 is 0. The fourth-order valence-corrected chi connectivity index (χ4v) is 5.01. The monoisotopic (exact) mass is 512 g/mol. The van der Waals surface area contributed by atoms with E-state index in [-0.39, 0.29) is 21.7 Å². The summed E-state index contributed by atoms with van der Waals surface area (Å²) in [7, 11) is -4.35. The van der Waals surface area contributed by atoms with Crippen LogP contribution < -0.4 is 4.72 Å². The number of non-ortho nitro benzene ring substituents is 1. The van der Waals surface area contributed by atoms with Crippen LogP contribution in [-0.4, -0.2) is 29.0 Å². The van der Waals surface area contributed by atoms with Gasteiger partial charge in [-0.3, -0.25) is 19.6 Å². The molecule has 0 radical (unpaired) electrons. The number of aromatic nitrogens is 2. The van der Waals surface area contributed by atoms with Crippen LogP contribution in [0.1, 0.15) is 65.6 Å². The minimum Gasteiger partial charge on any atom is -0.266 e. The van der Waals surface area contributed by atoms with E-state index in [4.69, 9.17) is 0 Å². The Hall–Kier alpha value is -3.53. The van der Waals surface area contributed by atoms with E-state index in [0.717, 1.165) is 34.7 Å². The molecule has 3 rings (SSSR count). The van der Waals surface area contributed by atoms with Crippen molar-refractivity contribution < 1.29 is 18.1 Å². The molecule has 0 atom stereocenters. The van der Waals surface area contributed by atoms with Gasteiger partial charge in [0.25, 0.3) is 21.6 Å². The average molecular weight is 513 g/mol. The number of sulfonamides is 1. The first-order chi connectivity index (χ1) is 16.7. The van der Waals surface area contributed by atoms with Gasteiger partial charge in [-0.1, -0.05) is 44.5 Å². The van der Waals surface area contributed by atoms with Crippen LogP contribution in [0.2, 0.25) is 0 Å². The van der Waals surface area contributed by atoms with Crippen LogP contribution in [0.25, 0.3) is 0 Å². The van der Waals surface area contributed by atoms with E-state index in [2.05, 4.69) is 42.7 Å². The van der Waals surface area contributed by atoms with Crippen LogP contribution in [0.4, 0.5) is 5.69 Å². The fraction of sp³-hybridized carbons (Fsp3) is 0.385. The summed E-state index contributed by atoms with van der Waals surface area (Å²) in [4.78, 5) is 23.2. The maximum Gasteiger partial charge on any atom is 0.283 e. The molecule has 1 aromatic heterocycles. The molecule has 2 aromatic carbocycles. The molecule has 0 aliphatic heterocycles. The zero-order valence-electron chi connectivity index (χ0n) is 21.5. The van der Waals surface area contributed by atoms with Crippen molar-refractivity contribution in [3.63, 3.8) is 0 Å². The Kier molecular flexibility index (Phi) is 7.68. The summed E-state index contributed by atoms with van der Waals surface area (Å²) in [6.07, 6.45) is 1.46. The van der Waals surface area contributed by atoms with Gasteiger partial charge in [0, 0.05) is 12.1 Å². The van der Waals surface area contributed by atoms with E-state index < -0.39 is 20.9 Å². The highest BCUT2D eigenvalue weighted by Crippen LogP contribution is 2.23. The number of carbonyl (C=O) groups is 1. The lowest BCUT2D eigenvalue weighted by molar-refractivity contribution is -0.385. The Morgan fingerprint density at radius 1 is 1.08 bits per heavy atom. The highest BCUT2D eigenvalue weighted by molar-refractivity contribution is 7.90. The molecular weight excluding hydrogens is 480 g/mol. The number of aryl methyl sites for hydroxylation is 4. The second kappa shape index (κ2) is 10.2. The number of nitro benzene ring substituents is 1. The third kappa shape index (κ3) is 6.57. The molecular formula is C26H32N4O5S. The van der Waals surface area contributed by atoms with Gasteiger partial charge in [0.1, 0.15) is 5.69 Å². The van der Waals surface area contributed by atoms with E-state index in [1.807, 2.05) is 20.8 Å². The zero-order chi connectivity index (χ0) is 26.8. The van der Waals surface area contributed by atoms with E-state index in [9.17, 15) is 23.3 Å². The minimum absolute atomic E-state index is 0.0572. The number of nitrogens with one attached hydrogen (secondary N) is 1. The number of nitro groups is 1. The maximum absolute atomic E-state index is 13.2. The second-order valence-electron chi connectivity index (χ2n) is 10.3. The third-order valence-electron chi connectivity index (χ3n) is 5.91. The van der Waals surface area contributed by atoms with Crippen molar-refractivity contribution >= 4 is 21.6 Å². The number of rotatable bonds is 8.